The van der Waals surface area contributed by atoms with E-state index >= 15 is 0 Å². The van der Waals surface area contributed by atoms with Crippen LogP contribution in [-0.4, -0.2) is 42.2 Å². The summed E-state index contributed by atoms with van der Waals surface area (Å²) in [7, 11) is -4.80. The molecule has 236 valence electrons. The molecule has 0 aliphatic rings. The summed E-state index contributed by atoms with van der Waals surface area (Å²) in [6.07, 6.45) is 1.66. The van der Waals surface area contributed by atoms with Gasteiger partial charge in [-0.05, 0) is 61.1 Å². The van der Waals surface area contributed by atoms with Gasteiger partial charge in [-0.1, -0.05) is 24.3 Å². The van der Waals surface area contributed by atoms with Gasteiger partial charge in [-0.25, -0.2) is 4.57 Å². The summed E-state index contributed by atoms with van der Waals surface area (Å²) in [6.45, 7) is 0. The molecule has 4 aromatic rings. The third-order valence-corrected chi connectivity index (χ3v) is 7.61. The van der Waals surface area contributed by atoms with Crippen LogP contribution < -0.4 is 43.5 Å². The zero-order valence-corrected chi connectivity index (χ0v) is 27.6. The monoisotopic (exact) mass is 660 g/mol. The van der Waals surface area contributed by atoms with Crippen molar-refractivity contribution in [1.82, 2.24) is 0 Å². The van der Waals surface area contributed by atoms with Gasteiger partial charge in [-0.2, -0.15) is 0 Å². The predicted molar refractivity (Wildman–Crippen MR) is 159 cm³/mol. The van der Waals surface area contributed by atoms with Crippen LogP contribution in [0.1, 0.15) is 57.5 Å². The minimum absolute atomic E-state index is 0. The third kappa shape index (κ3) is 9.90. The molecule has 12 nitrogen and oxygen atoms in total. The quantitative estimate of drug-likeness (QED) is 0.0653. The number of benzene rings is 4. The van der Waals surface area contributed by atoms with Crippen molar-refractivity contribution >= 4 is 19.4 Å². The standard InChI is InChI=1S/C32H31O12P.Na/c33-21-15-27(37)31(28(38)16-21)25(35)5-1-3-19-7-11-23(12-8-19)43-45(41,42)44-24-13-9-20(10-14-24)4-2-6-26(36)32-29(39)17-22(34)18-30(32)40;/h7-18,33-34,37-40H,1-6H2,(H,41,42);/q;+1/p-1. The van der Waals surface area contributed by atoms with Gasteiger partial charge in [0.2, 0.25) is 0 Å². The molecule has 4 rings (SSSR count). The van der Waals surface area contributed by atoms with Crippen molar-refractivity contribution in [1.29, 1.82) is 0 Å². The summed E-state index contributed by atoms with van der Waals surface area (Å²) in [6, 6.07) is 16.1. The van der Waals surface area contributed by atoms with Gasteiger partial charge < -0.3 is 44.6 Å². The topological polar surface area (TPSA) is 214 Å². The number of rotatable bonds is 14. The zero-order chi connectivity index (χ0) is 32.7. The van der Waals surface area contributed by atoms with E-state index in [1.54, 1.807) is 24.3 Å². The van der Waals surface area contributed by atoms with Crippen LogP contribution in [0, 0.1) is 0 Å². The average molecular weight is 661 g/mol. The number of aryl methyl sites for hydroxylation is 2. The van der Waals surface area contributed by atoms with Crippen molar-refractivity contribution < 1.29 is 88.3 Å². The molecule has 0 amide bonds. The van der Waals surface area contributed by atoms with Crippen LogP contribution in [0.2, 0.25) is 0 Å². The molecule has 0 radical (unpaired) electrons. The number of phosphoric acid groups is 1. The average Bonchev–Trinajstić information content (AvgIpc) is 2.93. The summed E-state index contributed by atoms with van der Waals surface area (Å²) >= 11 is 0. The second-order valence-corrected chi connectivity index (χ2v) is 11.4. The Balaban J connectivity index is 0.00000576. The van der Waals surface area contributed by atoms with Crippen molar-refractivity contribution in [2.75, 3.05) is 0 Å². The van der Waals surface area contributed by atoms with Crippen LogP contribution in [0.15, 0.2) is 72.8 Å². The van der Waals surface area contributed by atoms with Crippen molar-refractivity contribution in [3.05, 3.63) is 95.1 Å². The Bertz CT molecular complexity index is 1570. The summed E-state index contributed by atoms with van der Waals surface area (Å²) in [4.78, 5) is 37.2. The molecule has 0 atom stereocenters. The number of Topliss-reactive ketones (excluding diaryl/α,β-unsaturated/α-hetero) is 2. The molecule has 14 heteroatoms. The van der Waals surface area contributed by atoms with Gasteiger partial charge in [-0.15, -0.1) is 0 Å². The van der Waals surface area contributed by atoms with E-state index in [1.807, 2.05) is 0 Å². The molecule has 0 spiro atoms. The first kappa shape index (κ1) is 36.3. The number of carbonyl (C=O) groups is 2. The SMILES string of the molecule is O=C(CCCc1ccc(OP(=O)([O-])Oc2ccc(CCCC(=O)c3c(O)cc(O)cc3O)cc2)cc1)c1c(O)cc(O)cc1O.[Na+]. The fourth-order valence-corrected chi connectivity index (χ4v) is 5.43. The molecular formula is C32H30NaO12P. The fourth-order valence-electron chi connectivity index (χ4n) is 4.63. The molecule has 0 unspecified atom stereocenters. The molecule has 6 N–H and O–H groups in total. The van der Waals surface area contributed by atoms with Crippen LogP contribution in [0.5, 0.6) is 46.0 Å². The maximum absolute atomic E-state index is 12.5. The Kier molecular flexibility index (Phi) is 12.5. The molecule has 0 aliphatic carbocycles. The van der Waals surface area contributed by atoms with E-state index in [0.29, 0.717) is 25.7 Å². The maximum atomic E-state index is 12.5. The molecule has 0 saturated heterocycles. The predicted octanol–water partition coefficient (Wildman–Crippen LogP) is 2.26. The third-order valence-electron chi connectivity index (χ3n) is 6.74. The summed E-state index contributed by atoms with van der Waals surface area (Å²) in [5, 5.41) is 58.1. The Morgan fingerprint density at radius 3 is 1.20 bits per heavy atom. The van der Waals surface area contributed by atoms with Gasteiger partial charge in [0.05, 0.1) is 0 Å². The molecule has 46 heavy (non-hydrogen) atoms. The first-order valence-electron chi connectivity index (χ1n) is 13.8. The number of carbonyl (C=O) groups excluding carboxylic acids is 2. The summed E-state index contributed by atoms with van der Waals surface area (Å²) in [5.41, 5.74) is 1.04. The number of hydrogen-bond donors (Lipinski definition) is 6. The first-order valence-corrected chi connectivity index (χ1v) is 15.2. The molecule has 0 fully saturated rings. The van der Waals surface area contributed by atoms with Crippen molar-refractivity contribution in [2.24, 2.45) is 0 Å². The van der Waals surface area contributed by atoms with Gasteiger partial charge in [0, 0.05) is 37.1 Å². The van der Waals surface area contributed by atoms with E-state index in [1.165, 1.54) is 24.3 Å². The van der Waals surface area contributed by atoms with Gasteiger partial charge in [0.25, 0.3) is 0 Å². The van der Waals surface area contributed by atoms with E-state index in [0.717, 1.165) is 35.4 Å². The number of phosphoric ester groups is 1. The summed E-state index contributed by atoms with van der Waals surface area (Å²) in [5.74, 6) is -3.76. The Morgan fingerprint density at radius 2 is 0.891 bits per heavy atom. The van der Waals surface area contributed by atoms with Crippen molar-refractivity contribution in [3.63, 3.8) is 0 Å². The molecule has 4 aromatic carbocycles. The van der Waals surface area contributed by atoms with Crippen LogP contribution in [0.4, 0.5) is 0 Å². The van der Waals surface area contributed by atoms with E-state index in [4.69, 9.17) is 9.05 Å². The largest absolute Gasteiger partial charge is 1.00 e. The number of phenolic OH excluding ortho intramolecular Hbond substituents is 6. The van der Waals surface area contributed by atoms with E-state index in [-0.39, 0.29) is 76.5 Å². The Hall–Kier alpha value is -4.19. The zero-order valence-electron chi connectivity index (χ0n) is 24.8. The minimum Gasteiger partial charge on any atom is -0.736 e. The smallest absolute Gasteiger partial charge is 0.736 e. The maximum Gasteiger partial charge on any atom is 1.00 e. The minimum atomic E-state index is -4.80. The molecule has 0 heterocycles. The molecule has 0 aromatic heterocycles. The number of ketones is 2. The second-order valence-electron chi connectivity index (χ2n) is 10.2. The Labute approximate surface area is 286 Å². The van der Waals surface area contributed by atoms with Crippen LogP contribution in [0.3, 0.4) is 0 Å². The van der Waals surface area contributed by atoms with E-state index in [9.17, 15) is 49.7 Å². The van der Waals surface area contributed by atoms with Crippen molar-refractivity contribution in [2.45, 2.75) is 38.5 Å². The normalized spacial score (nSPS) is 11.0. The molecule has 0 aliphatic heterocycles. The van der Waals surface area contributed by atoms with Gasteiger partial charge >= 0.3 is 37.4 Å². The number of phenols is 6. The van der Waals surface area contributed by atoms with Gasteiger partial charge in [-0.3, -0.25) is 9.59 Å². The van der Waals surface area contributed by atoms with Crippen LogP contribution in [-0.2, 0) is 17.4 Å². The van der Waals surface area contributed by atoms with Crippen molar-refractivity contribution in [3.8, 4) is 46.0 Å². The Morgan fingerprint density at radius 1 is 0.587 bits per heavy atom. The van der Waals surface area contributed by atoms with E-state index in [2.05, 4.69) is 0 Å². The van der Waals surface area contributed by atoms with Gasteiger partial charge in [0.1, 0.15) is 57.1 Å². The number of aromatic hydroxyl groups is 6. The van der Waals surface area contributed by atoms with Crippen LogP contribution in [0.25, 0.3) is 0 Å². The fraction of sp³-hybridized carbons (Fsp3) is 0.188. The van der Waals surface area contributed by atoms with E-state index < -0.39 is 42.4 Å². The number of hydrogen-bond acceptors (Lipinski definition) is 12. The van der Waals surface area contributed by atoms with Gasteiger partial charge in [0.15, 0.2) is 11.6 Å². The molecule has 0 bridgehead atoms. The molecular weight excluding hydrogens is 630 g/mol. The van der Waals surface area contributed by atoms with Crippen LogP contribution >= 0.6 is 7.82 Å². The second kappa shape index (κ2) is 15.9. The summed E-state index contributed by atoms with van der Waals surface area (Å²) < 4.78 is 22.5. The first-order chi connectivity index (χ1) is 21.3. The molecule has 0 saturated carbocycles.